The first-order valence-corrected chi connectivity index (χ1v) is 6.97. The number of nitriles is 1. The van der Waals surface area contributed by atoms with Gasteiger partial charge in [-0.3, -0.25) is 9.80 Å². The fourth-order valence-corrected chi connectivity index (χ4v) is 2.69. The maximum Gasteiger partial charge on any atom is 0.123 e. The van der Waals surface area contributed by atoms with E-state index >= 15 is 0 Å². The minimum Gasteiger partial charge on any atom is -0.496 e. The first-order valence-electron chi connectivity index (χ1n) is 6.97. The molecule has 0 spiro atoms. The van der Waals surface area contributed by atoms with E-state index in [0.717, 1.165) is 37.5 Å². The number of methoxy groups -OCH3 is 1. The Hall–Kier alpha value is -1.57. The molecule has 0 N–H and O–H groups in total. The molecule has 1 saturated heterocycles. The molecule has 1 aromatic rings. The van der Waals surface area contributed by atoms with Crippen LogP contribution >= 0.6 is 0 Å². The lowest BCUT2D eigenvalue weighted by Gasteiger charge is -2.45. The van der Waals surface area contributed by atoms with E-state index in [0.29, 0.717) is 5.56 Å². The Labute approximate surface area is 121 Å². The van der Waals surface area contributed by atoms with Gasteiger partial charge in [0.2, 0.25) is 0 Å². The van der Waals surface area contributed by atoms with Crippen molar-refractivity contribution in [3.8, 4) is 11.8 Å². The summed E-state index contributed by atoms with van der Waals surface area (Å²) in [6.45, 7) is 8.48. The maximum atomic E-state index is 9.04. The van der Waals surface area contributed by atoms with Gasteiger partial charge < -0.3 is 4.74 Å². The van der Waals surface area contributed by atoms with Crippen LogP contribution in [-0.4, -0.2) is 49.1 Å². The number of piperazine rings is 1. The summed E-state index contributed by atoms with van der Waals surface area (Å²) in [6, 6.07) is 7.82. The van der Waals surface area contributed by atoms with Crippen LogP contribution in [0.2, 0.25) is 0 Å². The zero-order valence-corrected chi connectivity index (χ0v) is 12.8. The quantitative estimate of drug-likeness (QED) is 0.845. The molecule has 0 atom stereocenters. The summed E-state index contributed by atoms with van der Waals surface area (Å²) in [5, 5.41) is 9.04. The molecule has 20 heavy (non-hydrogen) atoms. The molecule has 0 unspecified atom stereocenters. The van der Waals surface area contributed by atoms with Gasteiger partial charge in [0.1, 0.15) is 5.75 Å². The molecule has 1 aliphatic rings. The molecule has 0 bridgehead atoms. The Morgan fingerprint density at radius 1 is 1.35 bits per heavy atom. The van der Waals surface area contributed by atoms with E-state index in [1.165, 1.54) is 0 Å². The average Bonchev–Trinajstić information content (AvgIpc) is 2.42. The Morgan fingerprint density at radius 2 is 2.10 bits per heavy atom. The van der Waals surface area contributed by atoms with Crippen molar-refractivity contribution in [2.75, 3.05) is 33.8 Å². The van der Waals surface area contributed by atoms with Gasteiger partial charge in [-0.1, -0.05) is 0 Å². The van der Waals surface area contributed by atoms with Gasteiger partial charge in [-0.2, -0.15) is 5.26 Å². The van der Waals surface area contributed by atoms with Crippen molar-refractivity contribution in [3.05, 3.63) is 29.3 Å². The third-order valence-electron chi connectivity index (χ3n) is 4.20. The lowest BCUT2D eigenvalue weighted by Crippen LogP contribution is -2.57. The molecule has 0 aromatic heterocycles. The fraction of sp³-hybridized carbons (Fsp3) is 0.562. The lowest BCUT2D eigenvalue weighted by molar-refractivity contribution is 0.0356. The fourth-order valence-electron chi connectivity index (χ4n) is 2.69. The largest absolute Gasteiger partial charge is 0.496 e. The van der Waals surface area contributed by atoms with Crippen LogP contribution in [0.3, 0.4) is 0 Å². The van der Waals surface area contributed by atoms with E-state index in [-0.39, 0.29) is 5.54 Å². The molecule has 0 radical (unpaired) electrons. The predicted molar refractivity (Wildman–Crippen MR) is 79.7 cm³/mol. The van der Waals surface area contributed by atoms with Crippen LogP contribution in [0.15, 0.2) is 18.2 Å². The number of rotatable bonds is 3. The molecular weight excluding hydrogens is 250 g/mol. The van der Waals surface area contributed by atoms with Crippen molar-refractivity contribution in [3.63, 3.8) is 0 Å². The molecule has 108 valence electrons. The number of nitrogens with zero attached hydrogens (tertiary/aromatic N) is 3. The molecule has 1 aromatic carbocycles. The molecule has 0 saturated carbocycles. The Kier molecular flexibility index (Phi) is 4.32. The maximum absolute atomic E-state index is 9.04. The molecule has 2 rings (SSSR count). The first-order chi connectivity index (χ1) is 9.46. The van der Waals surface area contributed by atoms with E-state index in [4.69, 9.17) is 10.00 Å². The topological polar surface area (TPSA) is 39.5 Å². The average molecular weight is 273 g/mol. The van der Waals surface area contributed by atoms with Gasteiger partial charge in [-0.05, 0) is 39.1 Å². The zero-order valence-electron chi connectivity index (χ0n) is 12.8. The van der Waals surface area contributed by atoms with E-state index in [2.05, 4.69) is 36.8 Å². The third kappa shape index (κ3) is 3.12. The summed E-state index contributed by atoms with van der Waals surface area (Å²) >= 11 is 0. The summed E-state index contributed by atoms with van der Waals surface area (Å²) < 4.78 is 5.41. The van der Waals surface area contributed by atoms with E-state index in [1.807, 2.05) is 12.1 Å². The van der Waals surface area contributed by atoms with Gasteiger partial charge in [0.05, 0.1) is 18.7 Å². The van der Waals surface area contributed by atoms with E-state index in [1.54, 1.807) is 13.2 Å². The van der Waals surface area contributed by atoms with Crippen LogP contribution in [0.4, 0.5) is 0 Å². The second-order valence-corrected chi connectivity index (χ2v) is 6.08. The summed E-state index contributed by atoms with van der Waals surface area (Å²) in [6.07, 6.45) is 0. The monoisotopic (exact) mass is 273 g/mol. The summed E-state index contributed by atoms with van der Waals surface area (Å²) in [4.78, 5) is 4.82. The Morgan fingerprint density at radius 3 is 2.70 bits per heavy atom. The van der Waals surface area contributed by atoms with Crippen molar-refractivity contribution in [2.45, 2.75) is 25.9 Å². The first kappa shape index (κ1) is 14.8. The molecule has 1 fully saturated rings. The molecular formula is C16H23N3O. The summed E-state index contributed by atoms with van der Waals surface area (Å²) in [5.74, 6) is 0.862. The molecule has 0 aliphatic carbocycles. The smallest absolute Gasteiger partial charge is 0.123 e. The normalized spacial score (nSPS) is 19.6. The highest BCUT2D eigenvalue weighted by Crippen LogP contribution is 2.25. The second-order valence-electron chi connectivity index (χ2n) is 6.08. The van der Waals surface area contributed by atoms with E-state index < -0.39 is 0 Å². The summed E-state index contributed by atoms with van der Waals surface area (Å²) in [7, 11) is 3.85. The number of ether oxygens (including phenoxy) is 1. The lowest BCUT2D eigenvalue weighted by atomic mass is 9.99. The highest BCUT2D eigenvalue weighted by atomic mass is 16.5. The Bertz CT molecular complexity index is 519. The van der Waals surface area contributed by atoms with Crippen LogP contribution in [-0.2, 0) is 6.54 Å². The van der Waals surface area contributed by atoms with Gasteiger partial charge in [0.25, 0.3) is 0 Å². The number of hydrogen-bond donors (Lipinski definition) is 0. The van der Waals surface area contributed by atoms with Crippen LogP contribution in [0.1, 0.15) is 25.0 Å². The SMILES string of the molecule is COc1ccc(C#N)cc1CN1CCN(C)C(C)(C)C1. The van der Waals surface area contributed by atoms with Gasteiger partial charge in [0.15, 0.2) is 0 Å². The highest BCUT2D eigenvalue weighted by molar-refractivity contribution is 5.42. The molecule has 0 amide bonds. The second kappa shape index (κ2) is 5.82. The van der Waals surface area contributed by atoms with Gasteiger partial charge in [0, 0.05) is 37.3 Å². The van der Waals surface area contributed by atoms with Gasteiger partial charge in [-0.25, -0.2) is 0 Å². The minimum atomic E-state index is 0.179. The van der Waals surface area contributed by atoms with Crippen molar-refractivity contribution in [2.24, 2.45) is 0 Å². The Balaban J connectivity index is 2.16. The molecule has 4 heteroatoms. The molecule has 1 aliphatic heterocycles. The summed E-state index contributed by atoms with van der Waals surface area (Å²) in [5.41, 5.74) is 1.96. The van der Waals surface area contributed by atoms with Crippen molar-refractivity contribution >= 4 is 0 Å². The predicted octanol–water partition coefficient (Wildman–Crippen LogP) is 2.09. The van der Waals surface area contributed by atoms with Crippen molar-refractivity contribution in [1.29, 1.82) is 5.26 Å². The number of likely N-dealkylation sites (N-methyl/N-ethyl adjacent to an activating group) is 1. The van der Waals surface area contributed by atoms with Crippen LogP contribution in [0.25, 0.3) is 0 Å². The minimum absolute atomic E-state index is 0.179. The zero-order chi connectivity index (χ0) is 14.8. The standard InChI is InChI=1S/C16H23N3O/c1-16(2)12-19(8-7-18(16)3)11-14-9-13(10-17)5-6-15(14)20-4/h5-6,9H,7-8,11-12H2,1-4H3. The highest BCUT2D eigenvalue weighted by Gasteiger charge is 2.31. The van der Waals surface area contributed by atoms with E-state index in [9.17, 15) is 0 Å². The third-order valence-corrected chi connectivity index (χ3v) is 4.20. The van der Waals surface area contributed by atoms with Crippen LogP contribution in [0, 0.1) is 11.3 Å². The molecule has 1 heterocycles. The van der Waals surface area contributed by atoms with Crippen molar-refractivity contribution < 1.29 is 4.74 Å². The number of benzene rings is 1. The van der Waals surface area contributed by atoms with Gasteiger partial charge >= 0.3 is 0 Å². The molecule has 4 nitrogen and oxygen atoms in total. The van der Waals surface area contributed by atoms with Crippen molar-refractivity contribution in [1.82, 2.24) is 9.80 Å². The number of hydrogen-bond acceptors (Lipinski definition) is 4. The van der Waals surface area contributed by atoms with Gasteiger partial charge in [-0.15, -0.1) is 0 Å². The van der Waals surface area contributed by atoms with Crippen LogP contribution < -0.4 is 4.74 Å². The van der Waals surface area contributed by atoms with Crippen LogP contribution in [0.5, 0.6) is 5.75 Å².